The van der Waals surface area contributed by atoms with E-state index in [1.54, 1.807) is 0 Å². The molecule has 2 aliphatic rings. The van der Waals surface area contributed by atoms with E-state index in [-0.39, 0.29) is 0 Å². The van der Waals surface area contributed by atoms with Crippen LogP contribution in [0.3, 0.4) is 0 Å². The summed E-state index contributed by atoms with van der Waals surface area (Å²) in [4.78, 5) is 0. The van der Waals surface area contributed by atoms with E-state index in [0.717, 1.165) is 16.9 Å². The number of rotatable bonds is 2. The van der Waals surface area contributed by atoms with Gasteiger partial charge in [0.15, 0.2) is 23.0 Å². The topological polar surface area (TPSA) is 18.5 Å². The van der Waals surface area contributed by atoms with Gasteiger partial charge in [0.1, 0.15) is 0 Å². The molecule has 5 aromatic rings. The van der Waals surface area contributed by atoms with E-state index in [0.29, 0.717) is 22.3 Å². The van der Waals surface area contributed by atoms with Crippen LogP contribution in [0.5, 0.6) is 23.0 Å². The molecule has 0 N–H and O–H groups in total. The molecule has 1 heterocycles. The van der Waals surface area contributed by atoms with Gasteiger partial charge in [0.2, 0.25) is 0 Å². The highest BCUT2D eigenvalue weighted by Crippen LogP contribution is 2.62. The first-order valence-electron chi connectivity index (χ1n) is 11.3. The second-order valence-electron chi connectivity index (χ2n) is 8.64. The lowest BCUT2D eigenvalue weighted by Gasteiger charge is -2.34. The highest BCUT2D eigenvalue weighted by Gasteiger charge is 2.48. The highest BCUT2D eigenvalue weighted by atomic mass is 35.5. The summed E-state index contributed by atoms with van der Waals surface area (Å²) < 4.78 is 12.8. The normalized spacial score (nSPS) is 14.1. The SMILES string of the molecule is Clc1ccc2c(c1)Oc1c(ccc3c1-c1ccccc1C3(c1ccccc1)c1ccccc1)O2. The maximum absolute atomic E-state index is 6.51. The van der Waals surface area contributed by atoms with Crippen molar-refractivity contribution in [2.24, 2.45) is 0 Å². The zero-order chi connectivity index (χ0) is 22.7. The van der Waals surface area contributed by atoms with Crippen LogP contribution in [0.25, 0.3) is 11.1 Å². The Morgan fingerprint density at radius 2 is 1.18 bits per heavy atom. The van der Waals surface area contributed by atoms with Crippen LogP contribution >= 0.6 is 11.6 Å². The van der Waals surface area contributed by atoms with Gasteiger partial charge in [-0.1, -0.05) is 103 Å². The third kappa shape index (κ3) is 2.57. The predicted molar refractivity (Wildman–Crippen MR) is 135 cm³/mol. The molecule has 0 amide bonds. The molecular formula is C31H19ClO2. The van der Waals surface area contributed by atoms with Gasteiger partial charge in [-0.25, -0.2) is 0 Å². The largest absolute Gasteiger partial charge is 0.449 e. The van der Waals surface area contributed by atoms with E-state index < -0.39 is 5.41 Å². The maximum atomic E-state index is 6.51. The molecule has 3 heteroatoms. The average Bonchev–Trinajstić information content (AvgIpc) is 3.20. The number of ether oxygens (including phenoxy) is 2. The van der Waals surface area contributed by atoms with Crippen molar-refractivity contribution in [2.75, 3.05) is 0 Å². The molecule has 7 rings (SSSR count). The van der Waals surface area contributed by atoms with Crippen LogP contribution in [0.1, 0.15) is 22.3 Å². The summed E-state index contributed by atoms with van der Waals surface area (Å²) in [6.45, 7) is 0. The molecule has 34 heavy (non-hydrogen) atoms. The second kappa shape index (κ2) is 7.24. The molecule has 5 aromatic carbocycles. The Labute approximate surface area is 203 Å². The van der Waals surface area contributed by atoms with Crippen LogP contribution in [-0.4, -0.2) is 0 Å². The van der Waals surface area contributed by atoms with Gasteiger partial charge in [0.25, 0.3) is 0 Å². The van der Waals surface area contributed by atoms with Crippen LogP contribution in [-0.2, 0) is 5.41 Å². The minimum atomic E-state index is -0.471. The van der Waals surface area contributed by atoms with Gasteiger partial charge in [0.05, 0.1) is 5.41 Å². The predicted octanol–water partition coefficient (Wildman–Crippen LogP) is 8.60. The summed E-state index contributed by atoms with van der Waals surface area (Å²) in [5.41, 5.74) is 6.58. The standard InChI is InChI=1S/C31H19ClO2/c32-22-15-17-26-28(19-22)34-30-27(33-26)18-16-25-29(30)23-13-7-8-14-24(23)31(25,20-9-3-1-4-10-20)21-11-5-2-6-12-21/h1-19H. The minimum absolute atomic E-state index is 0.471. The van der Waals surface area contributed by atoms with Crippen LogP contribution in [0, 0.1) is 0 Å². The lowest BCUT2D eigenvalue weighted by atomic mass is 9.68. The van der Waals surface area contributed by atoms with Gasteiger partial charge < -0.3 is 9.47 Å². The molecule has 0 unspecified atom stereocenters. The lowest BCUT2D eigenvalue weighted by molar-refractivity contribution is 0.360. The Bertz CT molecular complexity index is 1520. The highest BCUT2D eigenvalue weighted by molar-refractivity contribution is 6.30. The Morgan fingerprint density at radius 1 is 0.529 bits per heavy atom. The molecule has 0 bridgehead atoms. The summed E-state index contributed by atoms with van der Waals surface area (Å²) in [7, 11) is 0. The zero-order valence-corrected chi connectivity index (χ0v) is 18.9. The first kappa shape index (κ1) is 19.5. The number of fused-ring (bicyclic) bond motifs is 6. The smallest absolute Gasteiger partial charge is 0.178 e. The fourth-order valence-electron chi connectivity index (χ4n) is 5.54. The quantitative estimate of drug-likeness (QED) is 0.258. The van der Waals surface area contributed by atoms with Gasteiger partial charge in [-0.2, -0.15) is 0 Å². The molecule has 0 radical (unpaired) electrons. The van der Waals surface area contributed by atoms with E-state index in [9.17, 15) is 0 Å². The summed E-state index contributed by atoms with van der Waals surface area (Å²) in [6.07, 6.45) is 0. The zero-order valence-electron chi connectivity index (χ0n) is 18.2. The number of hydrogen-bond acceptors (Lipinski definition) is 2. The summed E-state index contributed by atoms with van der Waals surface area (Å²) >= 11 is 6.27. The van der Waals surface area contributed by atoms with Crippen molar-refractivity contribution >= 4 is 11.6 Å². The summed E-state index contributed by atoms with van der Waals surface area (Å²) in [5.74, 6) is 2.73. The third-order valence-electron chi connectivity index (χ3n) is 6.88. The fraction of sp³-hybridized carbons (Fsp3) is 0.0323. The number of hydrogen-bond donors (Lipinski definition) is 0. The molecule has 0 aromatic heterocycles. The monoisotopic (exact) mass is 458 g/mol. The van der Waals surface area contributed by atoms with Gasteiger partial charge in [0, 0.05) is 16.7 Å². The molecule has 0 saturated heterocycles. The molecule has 2 nitrogen and oxygen atoms in total. The Hall–Kier alpha value is -4.01. The van der Waals surface area contributed by atoms with Crippen LogP contribution in [0.15, 0.2) is 115 Å². The van der Waals surface area contributed by atoms with Crippen molar-refractivity contribution in [3.05, 3.63) is 143 Å². The lowest BCUT2D eigenvalue weighted by Crippen LogP contribution is -2.28. The molecule has 1 aliphatic heterocycles. The molecule has 0 fully saturated rings. The molecule has 0 saturated carbocycles. The van der Waals surface area contributed by atoms with Crippen LogP contribution < -0.4 is 9.47 Å². The summed E-state index contributed by atoms with van der Waals surface area (Å²) in [5, 5.41) is 0.613. The minimum Gasteiger partial charge on any atom is -0.449 e. The van der Waals surface area contributed by atoms with Crippen molar-refractivity contribution in [1.82, 2.24) is 0 Å². The van der Waals surface area contributed by atoms with Crippen molar-refractivity contribution in [1.29, 1.82) is 0 Å². The van der Waals surface area contributed by atoms with Crippen LogP contribution in [0.4, 0.5) is 0 Å². The van der Waals surface area contributed by atoms with Crippen molar-refractivity contribution in [3.8, 4) is 34.1 Å². The molecule has 162 valence electrons. The molecular weight excluding hydrogens is 440 g/mol. The first-order valence-corrected chi connectivity index (χ1v) is 11.7. The molecule has 0 atom stereocenters. The van der Waals surface area contributed by atoms with E-state index in [2.05, 4.69) is 91.0 Å². The van der Waals surface area contributed by atoms with Gasteiger partial charge in [-0.05, 0) is 46.0 Å². The van der Waals surface area contributed by atoms with E-state index in [4.69, 9.17) is 21.1 Å². The number of benzene rings is 5. The Kier molecular flexibility index (Phi) is 4.15. The third-order valence-corrected chi connectivity index (χ3v) is 7.11. The molecule has 0 spiro atoms. The van der Waals surface area contributed by atoms with Gasteiger partial charge >= 0.3 is 0 Å². The van der Waals surface area contributed by atoms with Crippen molar-refractivity contribution < 1.29 is 9.47 Å². The van der Waals surface area contributed by atoms with Crippen molar-refractivity contribution in [2.45, 2.75) is 5.41 Å². The second-order valence-corrected chi connectivity index (χ2v) is 9.07. The Morgan fingerprint density at radius 3 is 1.91 bits per heavy atom. The maximum Gasteiger partial charge on any atom is 0.178 e. The number of halogens is 1. The summed E-state index contributed by atoms with van der Waals surface area (Å²) in [6, 6.07) is 39.7. The average molecular weight is 459 g/mol. The van der Waals surface area contributed by atoms with E-state index in [1.807, 2.05) is 24.3 Å². The van der Waals surface area contributed by atoms with Crippen molar-refractivity contribution in [3.63, 3.8) is 0 Å². The van der Waals surface area contributed by atoms with Gasteiger partial charge in [-0.15, -0.1) is 0 Å². The first-order chi connectivity index (χ1) is 16.8. The van der Waals surface area contributed by atoms with E-state index in [1.165, 1.54) is 22.3 Å². The van der Waals surface area contributed by atoms with Crippen LogP contribution in [0.2, 0.25) is 5.02 Å². The Balaban J connectivity index is 1.58. The van der Waals surface area contributed by atoms with E-state index >= 15 is 0 Å². The fourth-order valence-corrected chi connectivity index (χ4v) is 5.70. The molecule has 1 aliphatic carbocycles. The van der Waals surface area contributed by atoms with Gasteiger partial charge in [-0.3, -0.25) is 0 Å².